The summed E-state index contributed by atoms with van der Waals surface area (Å²) in [5.74, 6) is 0.817. The summed E-state index contributed by atoms with van der Waals surface area (Å²) in [7, 11) is 0. The normalized spacial score (nSPS) is 14.4. The monoisotopic (exact) mass is 220 g/mol. The van der Waals surface area contributed by atoms with Crippen molar-refractivity contribution in [2.75, 3.05) is 0 Å². The van der Waals surface area contributed by atoms with Gasteiger partial charge in [0, 0.05) is 0 Å². The summed E-state index contributed by atoms with van der Waals surface area (Å²) in [5, 5.41) is 0. The first-order chi connectivity index (χ1) is 7.67. The van der Waals surface area contributed by atoms with Crippen LogP contribution < -0.4 is 0 Å². The molecule has 0 radical (unpaired) electrons. The van der Waals surface area contributed by atoms with Crippen molar-refractivity contribution in [3.63, 3.8) is 0 Å². The van der Waals surface area contributed by atoms with Crippen molar-refractivity contribution >= 4 is 0 Å². The lowest BCUT2D eigenvalue weighted by Crippen LogP contribution is -1.98. The summed E-state index contributed by atoms with van der Waals surface area (Å²) in [6.45, 7) is 13.0. The summed E-state index contributed by atoms with van der Waals surface area (Å²) in [6, 6.07) is 0. The first kappa shape index (κ1) is 15.2. The Kier molecular flexibility index (Phi) is 8.99. The molecule has 0 spiro atoms. The molecule has 1 unspecified atom stereocenters. The molecular formula is C16H28. The zero-order chi connectivity index (χ0) is 12.4. The van der Waals surface area contributed by atoms with Crippen LogP contribution >= 0.6 is 0 Å². The van der Waals surface area contributed by atoms with Gasteiger partial charge in [-0.2, -0.15) is 0 Å². The Morgan fingerprint density at radius 2 is 1.88 bits per heavy atom. The highest BCUT2D eigenvalue weighted by molar-refractivity contribution is 5.25. The maximum atomic E-state index is 4.15. The minimum absolute atomic E-state index is 0.817. The third-order valence-corrected chi connectivity index (χ3v) is 3.14. The molecule has 0 aromatic heterocycles. The lowest BCUT2D eigenvalue weighted by molar-refractivity contribution is 0.464. The second-order valence-electron chi connectivity index (χ2n) is 4.48. The van der Waals surface area contributed by atoms with Crippen LogP contribution in [0.25, 0.3) is 0 Å². The maximum Gasteiger partial charge on any atom is -0.0256 e. The predicted molar refractivity (Wildman–Crippen MR) is 75.6 cm³/mol. The molecule has 0 aliphatic heterocycles. The highest BCUT2D eigenvalue weighted by atomic mass is 14.1. The fourth-order valence-corrected chi connectivity index (χ4v) is 1.94. The Morgan fingerprint density at radius 1 is 1.19 bits per heavy atom. The Bertz CT molecular complexity index is 243. The van der Waals surface area contributed by atoms with Crippen LogP contribution in [0, 0.1) is 5.92 Å². The van der Waals surface area contributed by atoms with E-state index in [1.165, 1.54) is 30.4 Å². The molecule has 0 heteroatoms. The van der Waals surface area contributed by atoms with Gasteiger partial charge in [-0.25, -0.2) is 0 Å². The highest BCUT2D eigenvalue weighted by Gasteiger charge is 2.05. The fourth-order valence-electron chi connectivity index (χ4n) is 1.94. The molecule has 0 aromatic carbocycles. The zero-order valence-electron chi connectivity index (χ0n) is 11.6. The lowest BCUT2D eigenvalue weighted by atomic mass is 9.93. The highest BCUT2D eigenvalue weighted by Crippen LogP contribution is 2.20. The third kappa shape index (κ3) is 6.66. The van der Waals surface area contributed by atoms with E-state index in [1.54, 1.807) is 0 Å². The van der Waals surface area contributed by atoms with E-state index in [0.29, 0.717) is 0 Å². The molecule has 0 rings (SSSR count). The molecule has 0 aromatic rings. The van der Waals surface area contributed by atoms with Crippen LogP contribution in [0.1, 0.15) is 59.8 Å². The van der Waals surface area contributed by atoms with E-state index in [9.17, 15) is 0 Å². The summed E-state index contributed by atoms with van der Waals surface area (Å²) in [6.07, 6.45) is 12.7. The smallest absolute Gasteiger partial charge is 0.0256 e. The number of hydrogen-bond acceptors (Lipinski definition) is 0. The largest absolute Gasteiger partial charge is 0.0958 e. The molecule has 16 heavy (non-hydrogen) atoms. The van der Waals surface area contributed by atoms with E-state index >= 15 is 0 Å². The van der Waals surface area contributed by atoms with Gasteiger partial charge in [0.1, 0.15) is 0 Å². The van der Waals surface area contributed by atoms with Gasteiger partial charge in [-0.1, -0.05) is 76.0 Å². The van der Waals surface area contributed by atoms with E-state index < -0.39 is 0 Å². The minimum Gasteiger partial charge on any atom is -0.0958 e. The molecule has 0 fully saturated rings. The summed E-state index contributed by atoms with van der Waals surface area (Å²) in [4.78, 5) is 0. The Labute approximate surface area is 102 Å². The van der Waals surface area contributed by atoms with E-state index in [2.05, 4.69) is 52.5 Å². The third-order valence-electron chi connectivity index (χ3n) is 3.14. The average molecular weight is 220 g/mol. The van der Waals surface area contributed by atoms with Crippen molar-refractivity contribution < 1.29 is 0 Å². The van der Waals surface area contributed by atoms with Gasteiger partial charge in [0.15, 0.2) is 0 Å². The van der Waals surface area contributed by atoms with Crippen LogP contribution in [0.2, 0.25) is 0 Å². The number of allylic oxidation sites excluding steroid dienone is 5. The topological polar surface area (TPSA) is 0 Å². The molecule has 0 amide bonds. The van der Waals surface area contributed by atoms with Gasteiger partial charge in [0.05, 0.1) is 0 Å². The Balaban J connectivity index is 4.15. The van der Waals surface area contributed by atoms with E-state index in [-0.39, 0.29) is 0 Å². The first-order valence-corrected chi connectivity index (χ1v) is 6.68. The van der Waals surface area contributed by atoms with E-state index in [0.717, 1.165) is 18.8 Å². The maximum absolute atomic E-state index is 4.15. The minimum atomic E-state index is 0.817. The van der Waals surface area contributed by atoms with Crippen LogP contribution in [0.5, 0.6) is 0 Å². The molecule has 92 valence electrons. The second kappa shape index (κ2) is 9.45. The van der Waals surface area contributed by atoms with Gasteiger partial charge in [-0.15, -0.1) is 0 Å². The van der Waals surface area contributed by atoms with Crippen LogP contribution in [0.15, 0.2) is 36.0 Å². The molecule has 0 aliphatic rings. The molecule has 0 heterocycles. The van der Waals surface area contributed by atoms with Gasteiger partial charge in [-0.05, 0) is 25.7 Å². The average Bonchev–Trinajstić information content (AvgIpc) is 2.29. The van der Waals surface area contributed by atoms with E-state index in [4.69, 9.17) is 0 Å². The van der Waals surface area contributed by atoms with Gasteiger partial charge in [0.2, 0.25) is 0 Å². The van der Waals surface area contributed by atoms with Crippen molar-refractivity contribution in [2.45, 2.75) is 59.8 Å². The molecule has 0 bridgehead atoms. The molecule has 1 atom stereocenters. The molecular weight excluding hydrogens is 192 g/mol. The van der Waals surface area contributed by atoms with Gasteiger partial charge < -0.3 is 0 Å². The van der Waals surface area contributed by atoms with Gasteiger partial charge >= 0.3 is 0 Å². The standard InChI is InChI=1S/C16H28/c1-6-10-16(9-4)13-14(5)11-12-15(7-2)8-3/h7,11-12,16H,5-6,8-10,13H2,1-4H3/b12-11-,15-7-. The fraction of sp³-hybridized carbons (Fsp3) is 0.625. The SMILES string of the molecule is C=C(/C=C\C(=C/C)CC)CC(CC)CCC. The zero-order valence-corrected chi connectivity index (χ0v) is 11.6. The van der Waals surface area contributed by atoms with Crippen LogP contribution in [0.4, 0.5) is 0 Å². The number of hydrogen-bond donors (Lipinski definition) is 0. The molecule has 0 saturated heterocycles. The van der Waals surface area contributed by atoms with Crippen molar-refractivity contribution in [1.29, 1.82) is 0 Å². The summed E-state index contributed by atoms with van der Waals surface area (Å²) >= 11 is 0. The molecule has 0 nitrogen and oxygen atoms in total. The van der Waals surface area contributed by atoms with E-state index in [1.807, 2.05) is 0 Å². The van der Waals surface area contributed by atoms with Crippen LogP contribution in [0.3, 0.4) is 0 Å². The van der Waals surface area contributed by atoms with Crippen molar-refractivity contribution in [1.82, 2.24) is 0 Å². The van der Waals surface area contributed by atoms with Gasteiger partial charge in [-0.3, -0.25) is 0 Å². The second-order valence-corrected chi connectivity index (χ2v) is 4.48. The summed E-state index contributed by atoms with van der Waals surface area (Å²) in [5.41, 5.74) is 2.66. The van der Waals surface area contributed by atoms with Crippen LogP contribution in [-0.4, -0.2) is 0 Å². The molecule has 0 N–H and O–H groups in total. The Hall–Kier alpha value is -0.780. The number of rotatable bonds is 8. The van der Waals surface area contributed by atoms with Crippen molar-refractivity contribution in [2.24, 2.45) is 5.92 Å². The predicted octanol–water partition coefficient (Wildman–Crippen LogP) is 5.67. The summed E-state index contributed by atoms with van der Waals surface area (Å²) < 4.78 is 0. The quantitative estimate of drug-likeness (QED) is 0.462. The van der Waals surface area contributed by atoms with Crippen molar-refractivity contribution in [3.05, 3.63) is 36.0 Å². The van der Waals surface area contributed by atoms with Crippen molar-refractivity contribution in [3.8, 4) is 0 Å². The molecule has 0 aliphatic carbocycles. The first-order valence-electron chi connectivity index (χ1n) is 6.68. The molecule has 0 saturated carbocycles. The van der Waals surface area contributed by atoms with Crippen LogP contribution in [-0.2, 0) is 0 Å². The van der Waals surface area contributed by atoms with Gasteiger partial charge in [0.25, 0.3) is 0 Å². The Morgan fingerprint density at radius 3 is 2.31 bits per heavy atom. The lowest BCUT2D eigenvalue weighted by Gasteiger charge is -2.13.